The van der Waals surface area contributed by atoms with Crippen LogP contribution < -0.4 is 0 Å². The van der Waals surface area contributed by atoms with E-state index >= 15 is 0 Å². The van der Waals surface area contributed by atoms with Crippen LogP contribution in [0.15, 0.2) is 48.6 Å². The van der Waals surface area contributed by atoms with E-state index in [4.69, 9.17) is 14.2 Å². The lowest BCUT2D eigenvalue weighted by Gasteiger charge is -2.18. The normalized spacial score (nSPS) is 12.4. The van der Waals surface area contributed by atoms with E-state index in [0.717, 1.165) is 96.3 Å². The maximum atomic E-state index is 12.7. The summed E-state index contributed by atoms with van der Waals surface area (Å²) in [5.74, 6) is -0.919. The Hall–Kier alpha value is -2.63. The fourth-order valence-electron chi connectivity index (χ4n) is 7.40. The molecule has 0 spiro atoms. The van der Waals surface area contributed by atoms with Crippen LogP contribution in [0.5, 0.6) is 0 Å². The van der Waals surface area contributed by atoms with Crippen LogP contribution in [0.4, 0.5) is 0 Å². The molecule has 0 N–H and O–H groups in total. The van der Waals surface area contributed by atoms with Gasteiger partial charge in [0.15, 0.2) is 6.10 Å². The molecule has 0 aliphatic carbocycles. The van der Waals surface area contributed by atoms with Gasteiger partial charge in [-0.05, 0) is 70.6 Å². The summed E-state index contributed by atoms with van der Waals surface area (Å²) in [6, 6.07) is 0. The van der Waals surface area contributed by atoms with Crippen LogP contribution in [0.1, 0.15) is 265 Å². The molecular formula is C55H98O6. The predicted molar refractivity (Wildman–Crippen MR) is 261 cm³/mol. The molecule has 1 atom stereocenters. The minimum Gasteiger partial charge on any atom is -0.462 e. The van der Waals surface area contributed by atoms with Crippen molar-refractivity contribution in [2.24, 2.45) is 0 Å². The summed E-state index contributed by atoms with van der Waals surface area (Å²) < 4.78 is 16.7. The Labute approximate surface area is 378 Å². The molecule has 6 nitrogen and oxygen atoms in total. The number of esters is 3. The first kappa shape index (κ1) is 58.4. The molecule has 0 heterocycles. The largest absolute Gasteiger partial charge is 0.462 e. The third-order valence-electron chi connectivity index (χ3n) is 11.3. The van der Waals surface area contributed by atoms with Gasteiger partial charge in [0.25, 0.3) is 0 Å². The number of carbonyl (C=O) groups is 3. The molecule has 0 fully saturated rings. The van der Waals surface area contributed by atoms with Gasteiger partial charge in [0.05, 0.1) is 0 Å². The molecule has 0 saturated carbocycles. The Morgan fingerprint density at radius 3 is 1.10 bits per heavy atom. The fourth-order valence-corrected chi connectivity index (χ4v) is 7.40. The third-order valence-corrected chi connectivity index (χ3v) is 11.3. The molecule has 1 unspecified atom stereocenters. The minimum absolute atomic E-state index is 0.0854. The zero-order valence-electron chi connectivity index (χ0n) is 40.4. The van der Waals surface area contributed by atoms with E-state index in [-0.39, 0.29) is 31.1 Å². The van der Waals surface area contributed by atoms with Gasteiger partial charge in [-0.3, -0.25) is 14.4 Å². The molecule has 0 aromatic carbocycles. The maximum absolute atomic E-state index is 12.7. The van der Waals surface area contributed by atoms with Gasteiger partial charge >= 0.3 is 17.9 Å². The van der Waals surface area contributed by atoms with Crippen LogP contribution in [-0.2, 0) is 28.6 Å². The van der Waals surface area contributed by atoms with Gasteiger partial charge in [0.1, 0.15) is 13.2 Å². The van der Waals surface area contributed by atoms with Gasteiger partial charge in [0, 0.05) is 19.3 Å². The summed E-state index contributed by atoms with van der Waals surface area (Å²) in [6.45, 7) is 6.45. The molecule has 354 valence electrons. The van der Waals surface area contributed by atoms with Gasteiger partial charge < -0.3 is 14.2 Å². The van der Waals surface area contributed by atoms with E-state index in [1.54, 1.807) is 0 Å². The summed E-state index contributed by atoms with van der Waals surface area (Å²) >= 11 is 0. The Kier molecular flexibility index (Phi) is 47.9. The van der Waals surface area contributed by atoms with Crippen molar-refractivity contribution >= 4 is 17.9 Å². The molecule has 0 radical (unpaired) electrons. The molecule has 61 heavy (non-hydrogen) atoms. The van der Waals surface area contributed by atoms with Crippen molar-refractivity contribution in [2.45, 2.75) is 271 Å². The van der Waals surface area contributed by atoms with Crippen LogP contribution >= 0.6 is 0 Å². The molecule has 0 aromatic rings. The summed E-state index contributed by atoms with van der Waals surface area (Å²) in [6.07, 6.45) is 59.7. The molecule has 6 heteroatoms. The highest BCUT2D eigenvalue weighted by Crippen LogP contribution is 2.16. The molecule has 0 saturated heterocycles. The first-order chi connectivity index (χ1) is 30.0. The SMILES string of the molecule is CC/C=C\C/C=C\C/C=C\CCCCCC(=O)OC(COC(=O)CCCCCCC/C=C\CCC)COC(=O)CCCCCCCCCCCCCCCCCCCCCC. The van der Waals surface area contributed by atoms with E-state index in [0.29, 0.717) is 19.3 Å². The number of hydrogen-bond donors (Lipinski definition) is 0. The zero-order valence-corrected chi connectivity index (χ0v) is 40.4. The fraction of sp³-hybridized carbons (Fsp3) is 0.800. The van der Waals surface area contributed by atoms with Gasteiger partial charge in [-0.25, -0.2) is 0 Å². The Balaban J connectivity index is 4.28. The zero-order chi connectivity index (χ0) is 44.4. The lowest BCUT2D eigenvalue weighted by Crippen LogP contribution is -2.30. The van der Waals surface area contributed by atoms with Crippen LogP contribution in [-0.4, -0.2) is 37.2 Å². The van der Waals surface area contributed by atoms with Crippen molar-refractivity contribution in [3.05, 3.63) is 48.6 Å². The quantitative estimate of drug-likeness (QED) is 0.0263. The van der Waals surface area contributed by atoms with Crippen LogP contribution in [0.2, 0.25) is 0 Å². The predicted octanol–water partition coefficient (Wildman–Crippen LogP) is 17.1. The molecule has 0 aliphatic rings. The van der Waals surface area contributed by atoms with Crippen molar-refractivity contribution in [1.29, 1.82) is 0 Å². The first-order valence-corrected chi connectivity index (χ1v) is 26.1. The second-order valence-corrected chi connectivity index (χ2v) is 17.4. The number of ether oxygens (including phenoxy) is 3. The monoisotopic (exact) mass is 855 g/mol. The van der Waals surface area contributed by atoms with E-state index in [1.165, 1.54) is 128 Å². The van der Waals surface area contributed by atoms with Crippen molar-refractivity contribution in [3.8, 4) is 0 Å². The minimum atomic E-state index is -0.787. The number of hydrogen-bond acceptors (Lipinski definition) is 6. The lowest BCUT2D eigenvalue weighted by atomic mass is 10.0. The van der Waals surface area contributed by atoms with E-state index in [2.05, 4.69) is 69.4 Å². The topological polar surface area (TPSA) is 78.9 Å². The molecule has 0 aromatic heterocycles. The average molecular weight is 855 g/mol. The molecule has 0 rings (SSSR count). The maximum Gasteiger partial charge on any atom is 0.306 e. The summed E-state index contributed by atoms with van der Waals surface area (Å²) in [5, 5.41) is 0. The third kappa shape index (κ3) is 48.3. The average Bonchev–Trinajstić information content (AvgIpc) is 3.26. The first-order valence-electron chi connectivity index (χ1n) is 26.1. The molecule has 0 aliphatic heterocycles. The number of unbranched alkanes of at least 4 members (excludes halogenated alkanes) is 28. The van der Waals surface area contributed by atoms with Crippen molar-refractivity contribution < 1.29 is 28.6 Å². The summed E-state index contributed by atoms with van der Waals surface area (Å²) in [4.78, 5) is 37.9. The molecule has 0 amide bonds. The number of rotatable bonds is 47. The highest BCUT2D eigenvalue weighted by atomic mass is 16.6. The van der Waals surface area contributed by atoms with Crippen LogP contribution in [0, 0.1) is 0 Å². The summed E-state index contributed by atoms with van der Waals surface area (Å²) in [7, 11) is 0. The van der Waals surface area contributed by atoms with Crippen LogP contribution in [0.3, 0.4) is 0 Å². The van der Waals surface area contributed by atoms with Gasteiger partial charge in [-0.15, -0.1) is 0 Å². The van der Waals surface area contributed by atoms with Crippen LogP contribution in [0.25, 0.3) is 0 Å². The number of carbonyl (C=O) groups excluding carboxylic acids is 3. The van der Waals surface area contributed by atoms with E-state index < -0.39 is 6.10 Å². The molecular weight excluding hydrogens is 757 g/mol. The second-order valence-electron chi connectivity index (χ2n) is 17.4. The van der Waals surface area contributed by atoms with Crippen molar-refractivity contribution in [1.82, 2.24) is 0 Å². The van der Waals surface area contributed by atoms with Gasteiger partial charge in [-0.1, -0.05) is 223 Å². The van der Waals surface area contributed by atoms with Crippen molar-refractivity contribution in [3.63, 3.8) is 0 Å². The lowest BCUT2D eigenvalue weighted by molar-refractivity contribution is -0.167. The van der Waals surface area contributed by atoms with E-state index in [1.807, 2.05) is 0 Å². The smallest absolute Gasteiger partial charge is 0.306 e. The van der Waals surface area contributed by atoms with Gasteiger partial charge in [-0.2, -0.15) is 0 Å². The standard InChI is InChI=1S/C55H98O6/c1-4-7-10-13-16-19-22-24-25-26-27-28-29-30-32-33-36-39-42-45-48-54(57)60-51-52(50-59-53(56)47-44-41-38-35-21-18-15-12-9-6-3)61-55(58)49-46-43-40-37-34-31-23-20-17-14-11-8-5-2/h8,11-12,15,17,20,31,34,52H,4-7,9-10,13-14,16,18-19,21-30,32-33,35-51H2,1-3H3/b11-8-,15-12-,20-17-,34-31-. The Morgan fingerprint density at radius 2 is 0.672 bits per heavy atom. The number of allylic oxidation sites excluding steroid dienone is 8. The van der Waals surface area contributed by atoms with Gasteiger partial charge in [0.2, 0.25) is 0 Å². The van der Waals surface area contributed by atoms with E-state index in [9.17, 15) is 14.4 Å². The highest BCUT2D eigenvalue weighted by molar-refractivity contribution is 5.71. The second kappa shape index (κ2) is 50.0. The summed E-state index contributed by atoms with van der Waals surface area (Å²) in [5.41, 5.74) is 0. The highest BCUT2D eigenvalue weighted by Gasteiger charge is 2.19. The Morgan fingerprint density at radius 1 is 0.344 bits per heavy atom. The molecule has 0 bridgehead atoms. The van der Waals surface area contributed by atoms with Crippen molar-refractivity contribution in [2.75, 3.05) is 13.2 Å². The Bertz CT molecular complexity index is 1070.